The molecule has 3 amide bonds. The van der Waals surface area contributed by atoms with Crippen LogP contribution in [0.15, 0.2) is 79.0 Å². The van der Waals surface area contributed by atoms with Crippen LogP contribution >= 0.6 is 0 Å². The van der Waals surface area contributed by atoms with Crippen molar-refractivity contribution >= 4 is 43.2 Å². The summed E-state index contributed by atoms with van der Waals surface area (Å²) in [6.45, 7) is 8.58. The maximum atomic E-state index is 16.7. The predicted molar refractivity (Wildman–Crippen MR) is 213 cm³/mol. The van der Waals surface area contributed by atoms with E-state index in [1.54, 1.807) is 32.5 Å². The lowest BCUT2D eigenvalue weighted by molar-refractivity contribution is -0.146. The number of hydrogen-bond donors (Lipinski definition) is 3. The van der Waals surface area contributed by atoms with Crippen molar-refractivity contribution in [3.8, 4) is 0 Å². The first-order chi connectivity index (χ1) is 27.0. The Morgan fingerprint density at radius 1 is 0.946 bits per heavy atom. The van der Waals surface area contributed by atoms with Crippen molar-refractivity contribution in [1.82, 2.24) is 25.6 Å². The molecule has 0 radical (unpaired) electrons. The fourth-order valence-electron chi connectivity index (χ4n) is 9.29. The van der Waals surface area contributed by atoms with Crippen LogP contribution in [-0.4, -0.2) is 98.2 Å². The number of nitrogens with zero attached hydrogens (tertiary/aromatic N) is 6. The van der Waals surface area contributed by atoms with E-state index in [2.05, 4.69) is 20.9 Å². The molecule has 0 bridgehead atoms. The zero-order valence-corrected chi connectivity index (χ0v) is 33.0. The number of fused-ring (bicyclic) bond motifs is 2. The van der Waals surface area contributed by atoms with Crippen molar-refractivity contribution in [2.75, 3.05) is 60.6 Å². The molecule has 4 aliphatic heterocycles. The number of rotatable bonds is 11. The van der Waals surface area contributed by atoms with Crippen LogP contribution in [-0.2, 0) is 37.8 Å². The fraction of sp³-hybridized carbons (Fsp3) is 0.439. The molecule has 0 aliphatic carbocycles. The lowest BCUT2D eigenvalue weighted by Crippen LogP contribution is -2.48. The molecule has 0 saturated carbocycles. The van der Waals surface area contributed by atoms with Gasteiger partial charge in [-0.15, -0.1) is 5.10 Å². The second kappa shape index (κ2) is 15.3. The second-order valence-corrected chi connectivity index (χ2v) is 19.6. The highest BCUT2D eigenvalue weighted by Gasteiger charge is 2.66. The number of piperazine rings is 2. The quantitative estimate of drug-likeness (QED) is 0.153. The van der Waals surface area contributed by atoms with Crippen LogP contribution in [0.1, 0.15) is 41.6 Å². The Hall–Kier alpha value is -4.80. The molecule has 3 fully saturated rings. The Bertz CT molecular complexity index is 2110. The van der Waals surface area contributed by atoms with E-state index >= 15 is 8.90 Å². The van der Waals surface area contributed by atoms with Crippen LogP contribution in [0.25, 0.3) is 0 Å². The number of nitrogens with one attached hydrogen (secondary N) is 2. The smallest absolute Gasteiger partial charge is 0.264 e. The van der Waals surface area contributed by atoms with E-state index in [9.17, 15) is 14.7 Å². The molecular formula is C41H49FN8O5Si. The summed E-state index contributed by atoms with van der Waals surface area (Å²) >= 11 is 0. The van der Waals surface area contributed by atoms with E-state index in [4.69, 9.17) is 4.74 Å². The standard InChI is InChI=1S/C41H49FN8O5Si/c1-27-39(56(2,3)42)36(14-17-47-25-34(45-46-47)32(26-51)29-9-5-4-6-10-29)55-41(27)33-21-31(49-19-16-44-23-38(49)53)12-13-35(33)50(40(41)54)24-28-8-7-11-30(20-28)48-18-15-43-22-37(48)52/h4-13,20-21,25,27,32,36,39,43-44,51H,14-19,22-24,26H2,1-3H3/t27-,32?,36+,39-,41+/m0/s1. The van der Waals surface area contributed by atoms with Crippen LogP contribution in [0.2, 0.25) is 18.6 Å². The summed E-state index contributed by atoms with van der Waals surface area (Å²) in [6.07, 6.45) is 1.58. The van der Waals surface area contributed by atoms with Crippen LogP contribution < -0.4 is 25.3 Å². The average molecular weight is 781 g/mol. The number of halogens is 1. The molecule has 3 saturated heterocycles. The van der Waals surface area contributed by atoms with Gasteiger partial charge in [-0.05, 0) is 61.0 Å². The highest BCUT2D eigenvalue weighted by Crippen LogP contribution is 2.60. The summed E-state index contributed by atoms with van der Waals surface area (Å²) in [5.74, 6) is -1.22. The Balaban J connectivity index is 1.13. The van der Waals surface area contributed by atoms with Gasteiger partial charge in [0.1, 0.15) is 0 Å². The van der Waals surface area contributed by atoms with Gasteiger partial charge in [-0.1, -0.05) is 54.6 Å². The van der Waals surface area contributed by atoms with Crippen LogP contribution in [0.5, 0.6) is 0 Å². The lowest BCUT2D eigenvalue weighted by Gasteiger charge is -2.32. The number of aliphatic hydroxyl groups excluding tert-OH is 1. The molecule has 1 unspecified atom stereocenters. The average Bonchev–Trinajstić information content (AvgIpc) is 3.85. The molecule has 294 valence electrons. The van der Waals surface area contributed by atoms with Crippen LogP contribution in [0.3, 0.4) is 0 Å². The number of carbonyl (C=O) groups excluding carboxylic acids is 3. The minimum absolute atomic E-state index is 0.0141. The van der Waals surface area contributed by atoms with Gasteiger partial charge in [0, 0.05) is 67.3 Å². The van der Waals surface area contributed by atoms with E-state index in [1.165, 1.54) is 0 Å². The van der Waals surface area contributed by atoms with Gasteiger partial charge < -0.3 is 39.3 Å². The highest BCUT2D eigenvalue weighted by molar-refractivity contribution is 6.72. The third-order valence-electron chi connectivity index (χ3n) is 11.9. The van der Waals surface area contributed by atoms with Gasteiger partial charge in [-0.25, -0.2) is 0 Å². The Morgan fingerprint density at radius 3 is 2.30 bits per heavy atom. The first-order valence-corrected chi connectivity index (χ1v) is 22.4. The number of anilines is 3. The van der Waals surface area contributed by atoms with Crippen LogP contribution in [0.4, 0.5) is 21.2 Å². The topological polar surface area (TPSA) is 145 Å². The zero-order valence-electron chi connectivity index (χ0n) is 32.0. The molecule has 1 aromatic heterocycles. The minimum atomic E-state index is -3.47. The Morgan fingerprint density at radius 2 is 1.64 bits per heavy atom. The van der Waals surface area contributed by atoms with Gasteiger partial charge in [-0.2, -0.15) is 0 Å². The van der Waals surface area contributed by atoms with Crippen molar-refractivity contribution in [2.24, 2.45) is 5.92 Å². The number of ether oxygens (including phenoxy) is 1. The number of amides is 3. The fourth-order valence-corrected chi connectivity index (χ4v) is 11.8. The molecule has 1 spiro atoms. The first kappa shape index (κ1) is 38.1. The van der Waals surface area contributed by atoms with Gasteiger partial charge in [0.25, 0.3) is 5.91 Å². The molecule has 15 heteroatoms. The Kier molecular flexibility index (Phi) is 10.4. The summed E-state index contributed by atoms with van der Waals surface area (Å²) in [5, 5.41) is 25.2. The maximum Gasteiger partial charge on any atom is 0.264 e. The molecule has 4 aliphatic rings. The Labute approximate surface area is 327 Å². The minimum Gasteiger partial charge on any atom is -0.395 e. The van der Waals surface area contributed by atoms with E-state index < -0.39 is 31.6 Å². The summed E-state index contributed by atoms with van der Waals surface area (Å²) in [4.78, 5) is 46.2. The SMILES string of the molecule is C[C@H]1[C@H]([Si](C)(C)F)[C@@H](CCn2cc(C(CO)c3ccccc3)nn2)O[C@]12C(=O)N(Cc1cccc(N3CCNCC3=O)c1)c1ccc(N3CCNCC3=O)cc12. The van der Waals surface area contributed by atoms with Gasteiger partial charge in [0.2, 0.25) is 20.2 Å². The third kappa shape index (κ3) is 6.85. The van der Waals surface area contributed by atoms with E-state index in [1.807, 2.05) is 85.9 Å². The number of hydrogen-bond acceptors (Lipinski definition) is 9. The van der Waals surface area contributed by atoms with Gasteiger partial charge in [0.15, 0.2) is 5.60 Å². The summed E-state index contributed by atoms with van der Waals surface area (Å²) in [6, 6.07) is 23.0. The highest BCUT2D eigenvalue weighted by atomic mass is 28.4. The predicted octanol–water partition coefficient (Wildman–Crippen LogP) is 3.69. The normalized spacial score (nSPS) is 24.7. The number of aromatic nitrogens is 3. The molecule has 5 atom stereocenters. The van der Waals surface area contributed by atoms with E-state index in [-0.39, 0.29) is 49.9 Å². The maximum absolute atomic E-state index is 16.7. The number of carbonyl (C=O) groups is 3. The molecule has 8 rings (SSSR count). The molecule has 4 aromatic rings. The van der Waals surface area contributed by atoms with E-state index in [0.717, 1.165) is 16.8 Å². The van der Waals surface area contributed by atoms with Gasteiger partial charge >= 0.3 is 0 Å². The summed E-state index contributed by atoms with van der Waals surface area (Å²) in [5.41, 5.74) is 3.09. The third-order valence-corrected chi connectivity index (χ3v) is 14.4. The molecule has 3 aromatic carbocycles. The molecule has 56 heavy (non-hydrogen) atoms. The van der Waals surface area contributed by atoms with Crippen molar-refractivity contribution in [2.45, 2.75) is 62.7 Å². The lowest BCUT2D eigenvalue weighted by atomic mass is 9.82. The number of aryl methyl sites for hydroxylation is 1. The largest absolute Gasteiger partial charge is 0.395 e. The van der Waals surface area contributed by atoms with Crippen LogP contribution in [0, 0.1) is 5.92 Å². The molecule has 5 heterocycles. The molecule has 13 nitrogen and oxygen atoms in total. The monoisotopic (exact) mass is 780 g/mol. The molecule has 3 N–H and O–H groups in total. The molecular weight excluding hydrogens is 732 g/mol. The van der Waals surface area contributed by atoms with Crippen molar-refractivity contribution in [3.63, 3.8) is 0 Å². The van der Waals surface area contributed by atoms with Crippen molar-refractivity contribution in [3.05, 3.63) is 101 Å². The number of benzene rings is 3. The number of aliphatic hydroxyl groups is 1. The van der Waals surface area contributed by atoms with Gasteiger partial charge in [-0.3, -0.25) is 19.1 Å². The summed E-state index contributed by atoms with van der Waals surface area (Å²) < 4.78 is 25.5. The second-order valence-electron chi connectivity index (χ2n) is 15.8. The first-order valence-electron chi connectivity index (χ1n) is 19.5. The van der Waals surface area contributed by atoms with Crippen molar-refractivity contribution < 1.29 is 28.3 Å². The van der Waals surface area contributed by atoms with E-state index in [0.29, 0.717) is 61.8 Å². The van der Waals surface area contributed by atoms with Gasteiger partial charge in [0.05, 0.1) is 49.6 Å². The summed E-state index contributed by atoms with van der Waals surface area (Å²) in [7, 11) is -3.47. The zero-order chi connectivity index (χ0) is 39.2. The van der Waals surface area contributed by atoms with Crippen molar-refractivity contribution in [1.29, 1.82) is 0 Å².